The predicted molar refractivity (Wildman–Crippen MR) is 76.5 cm³/mol. The molecule has 0 fully saturated rings. The van der Waals surface area contributed by atoms with Gasteiger partial charge in [-0.3, -0.25) is 0 Å². The summed E-state index contributed by atoms with van der Waals surface area (Å²) in [5.74, 6) is 0. The number of hydrogen-bond acceptors (Lipinski definition) is 1. The molecule has 0 aromatic rings. The Morgan fingerprint density at radius 2 is 1.31 bits per heavy atom. The second kappa shape index (κ2) is 10.3. The van der Waals surface area contributed by atoms with Crippen molar-refractivity contribution in [2.24, 2.45) is 0 Å². The van der Waals surface area contributed by atoms with E-state index in [0.717, 1.165) is 6.61 Å². The van der Waals surface area contributed by atoms with Crippen molar-refractivity contribution >= 4 is 8.32 Å². The molecule has 1 nitrogen and oxygen atoms in total. The van der Waals surface area contributed by atoms with Gasteiger partial charge in [-0.25, -0.2) is 0 Å². The minimum absolute atomic E-state index is 0.992. The van der Waals surface area contributed by atoms with Gasteiger partial charge in [-0.15, -0.1) is 0 Å². The van der Waals surface area contributed by atoms with Gasteiger partial charge in [-0.05, 0) is 25.6 Å². The highest BCUT2D eigenvalue weighted by Gasteiger charge is 2.20. The predicted octanol–water partition coefficient (Wildman–Crippen LogP) is 5.37. The minimum Gasteiger partial charge on any atom is -0.417 e. The molecule has 0 unspecified atom stereocenters. The average Bonchev–Trinajstić information content (AvgIpc) is 2.23. The van der Waals surface area contributed by atoms with Crippen LogP contribution in [0, 0.1) is 0 Å². The largest absolute Gasteiger partial charge is 0.417 e. The van der Waals surface area contributed by atoms with Crippen LogP contribution in [0.15, 0.2) is 0 Å². The Balaban J connectivity index is 3.35. The van der Waals surface area contributed by atoms with E-state index in [2.05, 4.69) is 26.9 Å². The first-order chi connectivity index (χ1) is 7.62. The Morgan fingerprint density at radius 1 is 0.750 bits per heavy atom. The molecule has 0 radical (unpaired) electrons. The molecule has 0 aliphatic heterocycles. The average molecular weight is 244 g/mol. The highest BCUT2D eigenvalue weighted by Crippen LogP contribution is 2.17. The summed E-state index contributed by atoms with van der Waals surface area (Å²) in [6, 6.07) is 1.35. The van der Waals surface area contributed by atoms with Crippen LogP contribution in [0.25, 0.3) is 0 Å². The van der Waals surface area contributed by atoms with Crippen molar-refractivity contribution in [2.75, 3.05) is 6.61 Å². The Hall–Kier alpha value is 0.177. The summed E-state index contributed by atoms with van der Waals surface area (Å²) in [6.45, 7) is 10.2. The molecule has 0 saturated carbocycles. The summed E-state index contributed by atoms with van der Waals surface area (Å²) in [5, 5.41) is 0. The second-order valence-electron chi connectivity index (χ2n) is 5.48. The lowest BCUT2D eigenvalue weighted by molar-refractivity contribution is 0.297. The van der Waals surface area contributed by atoms with Gasteiger partial charge in [0.2, 0.25) is 0 Å². The summed E-state index contributed by atoms with van der Waals surface area (Å²) >= 11 is 0. The van der Waals surface area contributed by atoms with E-state index in [1.165, 1.54) is 57.4 Å². The molecule has 0 rings (SSSR count). The van der Waals surface area contributed by atoms with E-state index in [9.17, 15) is 0 Å². The van der Waals surface area contributed by atoms with Gasteiger partial charge in [0.05, 0.1) is 0 Å². The van der Waals surface area contributed by atoms with Gasteiger partial charge in [0, 0.05) is 6.61 Å². The van der Waals surface area contributed by atoms with Crippen LogP contribution in [-0.4, -0.2) is 14.9 Å². The molecule has 0 aromatic heterocycles. The molecule has 0 atom stereocenters. The van der Waals surface area contributed by atoms with Crippen LogP contribution in [0.4, 0.5) is 0 Å². The number of unbranched alkanes of at least 4 members (excludes halogenated alkanes) is 6. The van der Waals surface area contributed by atoms with Crippen molar-refractivity contribution in [1.82, 2.24) is 0 Å². The third-order valence-electron chi connectivity index (χ3n) is 3.12. The first kappa shape index (κ1) is 16.2. The maximum atomic E-state index is 6.04. The molecule has 98 valence electrons. The van der Waals surface area contributed by atoms with E-state index in [-0.39, 0.29) is 0 Å². The van der Waals surface area contributed by atoms with E-state index in [4.69, 9.17) is 4.43 Å². The molecule has 0 bridgehead atoms. The van der Waals surface area contributed by atoms with Crippen molar-refractivity contribution in [3.05, 3.63) is 0 Å². The fourth-order valence-corrected chi connectivity index (χ4v) is 3.84. The maximum absolute atomic E-state index is 6.04. The lowest BCUT2D eigenvalue weighted by atomic mass is 10.1. The molecule has 0 heterocycles. The summed E-state index contributed by atoms with van der Waals surface area (Å²) in [7, 11) is -1.31. The van der Waals surface area contributed by atoms with Crippen molar-refractivity contribution in [3.8, 4) is 0 Å². The minimum atomic E-state index is -1.31. The van der Waals surface area contributed by atoms with Crippen LogP contribution < -0.4 is 0 Å². The third-order valence-corrected chi connectivity index (χ3v) is 5.67. The molecular weight excluding hydrogens is 212 g/mol. The van der Waals surface area contributed by atoms with Gasteiger partial charge in [0.1, 0.15) is 0 Å². The topological polar surface area (TPSA) is 9.23 Å². The molecule has 0 amide bonds. The van der Waals surface area contributed by atoms with Crippen molar-refractivity contribution in [3.63, 3.8) is 0 Å². The summed E-state index contributed by atoms with van der Waals surface area (Å²) in [5.41, 5.74) is 0. The van der Waals surface area contributed by atoms with Gasteiger partial charge < -0.3 is 4.43 Å². The Morgan fingerprint density at radius 3 is 1.94 bits per heavy atom. The van der Waals surface area contributed by atoms with Gasteiger partial charge in [0.25, 0.3) is 0 Å². The normalized spacial score (nSPS) is 12.0. The highest BCUT2D eigenvalue weighted by atomic mass is 28.4. The summed E-state index contributed by atoms with van der Waals surface area (Å²) in [4.78, 5) is 0. The third kappa shape index (κ3) is 10.7. The molecule has 0 spiro atoms. The van der Waals surface area contributed by atoms with Crippen LogP contribution in [0.1, 0.15) is 65.2 Å². The van der Waals surface area contributed by atoms with E-state index in [1.807, 2.05) is 0 Å². The fourth-order valence-electron chi connectivity index (χ4n) is 1.90. The van der Waals surface area contributed by atoms with Gasteiger partial charge in [-0.2, -0.15) is 0 Å². The smallest absolute Gasteiger partial charge is 0.186 e. The lowest BCUT2D eigenvalue weighted by Crippen LogP contribution is -2.30. The zero-order valence-corrected chi connectivity index (χ0v) is 13.0. The van der Waals surface area contributed by atoms with Crippen LogP contribution in [-0.2, 0) is 4.43 Å². The van der Waals surface area contributed by atoms with Gasteiger partial charge >= 0.3 is 0 Å². The Labute approximate surface area is 104 Å². The Kier molecular flexibility index (Phi) is 10.5. The molecule has 0 N–H and O–H groups in total. The molecule has 0 aliphatic carbocycles. The van der Waals surface area contributed by atoms with Crippen LogP contribution in [0.3, 0.4) is 0 Å². The summed E-state index contributed by atoms with van der Waals surface area (Å²) in [6.07, 6.45) is 10.9. The monoisotopic (exact) mass is 244 g/mol. The van der Waals surface area contributed by atoms with Gasteiger partial charge in [0.15, 0.2) is 8.32 Å². The first-order valence-corrected chi connectivity index (χ1v) is 10.4. The van der Waals surface area contributed by atoms with Crippen molar-refractivity contribution < 1.29 is 4.43 Å². The second-order valence-corrected chi connectivity index (χ2v) is 9.79. The molecule has 0 saturated heterocycles. The molecule has 2 heteroatoms. The highest BCUT2D eigenvalue weighted by molar-refractivity contribution is 6.71. The van der Waals surface area contributed by atoms with Crippen molar-refractivity contribution in [1.29, 1.82) is 0 Å². The molecule has 0 aliphatic rings. The fraction of sp³-hybridized carbons (Fsp3) is 1.00. The zero-order valence-electron chi connectivity index (χ0n) is 12.0. The summed E-state index contributed by atoms with van der Waals surface area (Å²) < 4.78 is 6.04. The van der Waals surface area contributed by atoms with E-state index in [0.29, 0.717) is 0 Å². The zero-order chi connectivity index (χ0) is 12.3. The SMILES string of the molecule is CCCCCCCC[Si](C)(C)OCCCC. The van der Waals surface area contributed by atoms with Crippen LogP contribution >= 0.6 is 0 Å². The van der Waals surface area contributed by atoms with Gasteiger partial charge in [-0.1, -0.05) is 58.8 Å². The Bertz CT molecular complexity index is 146. The standard InChI is InChI=1S/C14H32OSi/c1-5-7-9-10-11-12-14-16(3,4)15-13-8-6-2/h5-14H2,1-4H3. The molecule has 0 aromatic carbocycles. The quantitative estimate of drug-likeness (QED) is 0.351. The molecular formula is C14H32OSi. The van der Waals surface area contributed by atoms with E-state index < -0.39 is 8.32 Å². The number of rotatable bonds is 11. The van der Waals surface area contributed by atoms with E-state index in [1.54, 1.807) is 0 Å². The van der Waals surface area contributed by atoms with E-state index >= 15 is 0 Å². The van der Waals surface area contributed by atoms with Crippen molar-refractivity contribution in [2.45, 2.75) is 84.4 Å². The van der Waals surface area contributed by atoms with Crippen LogP contribution in [0.5, 0.6) is 0 Å². The first-order valence-electron chi connectivity index (χ1n) is 7.26. The van der Waals surface area contributed by atoms with Crippen LogP contribution in [0.2, 0.25) is 19.1 Å². The molecule has 16 heavy (non-hydrogen) atoms. The lowest BCUT2D eigenvalue weighted by Gasteiger charge is -2.22. The maximum Gasteiger partial charge on any atom is 0.186 e. The number of hydrogen-bond donors (Lipinski definition) is 0.